The van der Waals surface area contributed by atoms with Gasteiger partial charge in [-0.15, -0.1) is 0 Å². The summed E-state index contributed by atoms with van der Waals surface area (Å²) in [5, 5.41) is 5.86. The van der Waals surface area contributed by atoms with Crippen molar-refractivity contribution in [2.24, 2.45) is 5.92 Å². The van der Waals surface area contributed by atoms with Crippen LogP contribution in [-0.4, -0.2) is 46.5 Å². The van der Waals surface area contributed by atoms with Gasteiger partial charge in [0.1, 0.15) is 17.7 Å². The molecule has 7 nitrogen and oxygen atoms in total. The van der Waals surface area contributed by atoms with Gasteiger partial charge in [0.05, 0.1) is 0 Å². The van der Waals surface area contributed by atoms with Gasteiger partial charge in [0, 0.05) is 12.1 Å². The molecule has 0 saturated heterocycles. The Bertz CT molecular complexity index is 874. The Balaban J connectivity index is 3.56. The lowest BCUT2D eigenvalue weighted by Gasteiger charge is -2.45. The van der Waals surface area contributed by atoms with Crippen LogP contribution in [0.1, 0.15) is 105 Å². The Morgan fingerprint density at radius 3 is 2.11 bits per heavy atom. The van der Waals surface area contributed by atoms with Crippen LogP contribution in [0.4, 0.5) is 4.79 Å². The molecule has 0 aliphatic heterocycles. The minimum absolute atomic E-state index is 0.213. The van der Waals surface area contributed by atoms with Crippen molar-refractivity contribution >= 4 is 17.9 Å². The van der Waals surface area contributed by atoms with E-state index in [1.54, 1.807) is 25.7 Å². The summed E-state index contributed by atoms with van der Waals surface area (Å²) in [6.45, 7) is 19.6. The lowest BCUT2D eigenvalue weighted by molar-refractivity contribution is -0.150. The van der Waals surface area contributed by atoms with Gasteiger partial charge < -0.3 is 20.3 Å². The zero-order chi connectivity index (χ0) is 27.7. The number of rotatable bonds is 12. The number of nitrogens with zero attached hydrogens (tertiary/aromatic N) is 1. The van der Waals surface area contributed by atoms with Crippen LogP contribution in [0, 0.1) is 12.8 Å². The highest BCUT2D eigenvalue weighted by atomic mass is 16.6. The molecule has 0 heterocycles. The highest BCUT2D eigenvalue weighted by molar-refractivity contribution is 5.93. The number of benzene rings is 1. The second-order valence-corrected chi connectivity index (χ2v) is 11.5. The van der Waals surface area contributed by atoms with Crippen molar-refractivity contribution in [3.8, 4) is 0 Å². The number of aryl methyl sites for hydroxylation is 1. The number of ether oxygens (including phenoxy) is 1. The maximum atomic E-state index is 14.3. The molecule has 2 unspecified atom stereocenters. The van der Waals surface area contributed by atoms with Crippen LogP contribution >= 0.6 is 0 Å². The van der Waals surface area contributed by atoms with Crippen LogP contribution in [0.3, 0.4) is 0 Å². The zero-order valence-corrected chi connectivity index (χ0v) is 24.2. The molecule has 7 heteroatoms. The zero-order valence-electron chi connectivity index (χ0n) is 24.2. The number of carbonyl (C=O) groups is 3. The predicted octanol–water partition coefficient (Wildman–Crippen LogP) is 5.91. The molecule has 0 fully saturated rings. The molecule has 0 aromatic heterocycles. The van der Waals surface area contributed by atoms with Crippen LogP contribution < -0.4 is 10.6 Å². The summed E-state index contributed by atoms with van der Waals surface area (Å²) in [6.07, 6.45) is 2.93. The number of alkyl carbamates (subject to hydrolysis) is 1. The first-order valence-corrected chi connectivity index (χ1v) is 13.3. The second-order valence-electron chi connectivity index (χ2n) is 11.5. The van der Waals surface area contributed by atoms with Gasteiger partial charge in [0.15, 0.2) is 0 Å². The van der Waals surface area contributed by atoms with Crippen LogP contribution in [0.15, 0.2) is 24.3 Å². The Labute approximate surface area is 218 Å². The van der Waals surface area contributed by atoms with Gasteiger partial charge >= 0.3 is 6.09 Å². The van der Waals surface area contributed by atoms with Gasteiger partial charge in [-0.2, -0.15) is 0 Å². The molecule has 0 spiro atoms. The first-order chi connectivity index (χ1) is 16.7. The van der Waals surface area contributed by atoms with Crippen molar-refractivity contribution in [2.45, 2.75) is 118 Å². The molecule has 0 aliphatic rings. The lowest BCUT2D eigenvalue weighted by atomic mass is 9.89. The molecule has 36 heavy (non-hydrogen) atoms. The average molecular weight is 504 g/mol. The summed E-state index contributed by atoms with van der Waals surface area (Å²) in [6, 6.07) is 5.98. The molecule has 0 saturated carbocycles. The van der Waals surface area contributed by atoms with Gasteiger partial charge in [-0.3, -0.25) is 9.59 Å². The van der Waals surface area contributed by atoms with Crippen molar-refractivity contribution < 1.29 is 19.1 Å². The minimum atomic E-state index is -0.856. The topological polar surface area (TPSA) is 87.7 Å². The Kier molecular flexibility index (Phi) is 11.9. The van der Waals surface area contributed by atoms with Crippen molar-refractivity contribution in [3.05, 3.63) is 35.4 Å². The van der Waals surface area contributed by atoms with Gasteiger partial charge in [-0.05, 0) is 71.4 Å². The quantitative estimate of drug-likeness (QED) is 0.347. The SMILES string of the molecule is CCCCCNC(=O)C(c1ccccc1C)N(C(=O)C(NC(=O)OC(C)(C)C)C(C)C)C(C)(C)CC. The van der Waals surface area contributed by atoms with Crippen LogP contribution in [0.5, 0.6) is 0 Å². The van der Waals surface area contributed by atoms with E-state index in [4.69, 9.17) is 4.74 Å². The van der Waals surface area contributed by atoms with Crippen LogP contribution in [-0.2, 0) is 14.3 Å². The summed E-state index contributed by atoms with van der Waals surface area (Å²) < 4.78 is 5.45. The van der Waals surface area contributed by atoms with E-state index in [0.29, 0.717) is 13.0 Å². The van der Waals surface area contributed by atoms with Gasteiger partial charge in [0.25, 0.3) is 0 Å². The van der Waals surface area contributed by atoms with Crippen molar-refractivity contribution in [2.75, 3.05) is 6.54 Å². The molecule has 1 aromatic carbocycles. The number of carbonyl (C=O) groups excluding carboxylic acids is 3. The Hall–Kier alpha value is -2.57. The number of hydrogen-bond acceptors (Lipinski definition) is 4. The molecule has 0 radical (unpaired) electrons. The maximum Gasteiger partial charge on any atom is 0.408 e. The lowest BCUT2D eigenvalue weighted by Crippen LogP contribution is -2.60. The molecule has 2 N–H and O–H groups in total. The van der Waals surface area contributed by atoms with Gasteiger partial charge in [0.2, 0.25) is 11.8 Å². The first kappa shape index (κ1) is 31.5. The van der Waals surface area contributed by atoms with Crippen LogP contribution in [0.2, 0.25) is 0 Å². The number of hydrogen-bond donors (Lipinski definition) is 2. The fourth-order valence-electron chi connectivity index (χ4n) is 4.02. The van der Waals surface area contributed by atoms with Crippen molar-refractivity contribution in [1.29, 1.82) is 0 Å². The largest absolute Gasteiger partial charge is 0.444 e. The van der Waals surface area contributed by atoms with Gasteiger partial charge in [-0.25, -0.2) is 4.79 Å². The van der Waals surface area contributed by atoms with Gasteiger partial charge in [-0.1, -0.05) is 64.8 Å². The maximum absolute atomic E-state index is 14.3. The number of nitrogens with one attached hydrogen (secondary N) is 2. The second kappa shape index (κ2) is 13.7. The molecule has 0 aliphatic carbocycles. The molecular formula is C29H49N3O4. The first-order valence-electron chi connectivity index (χ1n) is 13.3. The van der Waals surface area contributed by atoms with Crippen molar-refractivity contribution in [3.63, 3.8) is 0 Å². The third kappa shape index (κ3) is 9.14. The molecule has 204 valence electrons. The summed E-state index contributed by atoms with van der Waals surface area (Å²) >= 11 is 0. The predicted molar refractivity (Wildman–Crippen MR) is 146 cm³/mol. The Morgan fingerprint density at radius 2 is 1.61 bits per heavy atom. The highest BCUT2D eigenvalue weighted by Crippen LogP contribution is 2.34. The fourth-order valence-corrected chi connectivity index (χ4v) is 4.02. The van der Waals surface area contributed by atoms with E-state index in [1.165, 1.54) is 0 Å². The number of amides is 3. The average Bonchev–Trinajstić information content (AvgIpc) is 2.77. The van der Waals surface area contributed by atoms with E-state index < -0.39 is 29.3 Å². The number of unbranched alkanes of at least 4 members (excludes halogenated alkanes) is 2. The summed E-state index contributed by atoms with van der Waals surface area (Å²) in [7, 11) is 0. The minimum Gasteiger partial charge on any atom is -0.444 e. The molecular weight excluding hydrogens is 454 g/mol. The van der Waals surface area contributed by atoms with E-state index in [2.05, 4.69) is 17.6 Å². The molecule has 0 bridgehead atoms. The standard InChI is InChI=1S/C29H49N3O4/c1-11-13-16-19-30-25(33)24(22-18-15-14-17-21(22)5)32(29(9,10)12-2)26(34)23(20(3)4)31-27(35)36-28(6,7)8/h14-15,17-18,20,23-24H,11-13,16,19H2,1-10H3,(H,30,33)(H,31,35). The van der Waals surface area contributed by atoms with Crippen molar-refractivity contribution in [1.82, 2.24) is 15.5 Å². The van der Waals surface area contributed by atoms with E-state index >= 15 is 0 Å². The van der Waals surface area contributed by atoms with E-state index in [9.17, 15) is 14.4 Å². The fraction of sp³-hybridized carbons (Fsp3) is 0.690. The van der Waals surface area contributed by atoms with Crippen LogP contribution in [0.25, 0.3) is 0 Å². The molecule has 1 aromatic rings. The smallest absolute Gasteiger partial charge is 0.408 e. The van der Waals surface area contributed by atoms with E-state index in [-0.39, 0.29) is 17.7 Å². The molecule has 2 atom stereocenters. The monoisotopic (exact) mass is 503 g/mol. The normalized spacial score (nSPS) is 13.6. The summed E-state index contributed by atoms with van der Waals surface area (Å²) in [5.41, 5.74) is 0.351. The third-order valence-electron chi connectivity index (χ3n) is 6.43. The molecule has 3 amide bonds. The summed E-state index contributed by atoms with van der Waals surface area (Å²) in [4.78, 5) is 42.4. The van der Waals surface area contributed by atoms with E-state index in [1.807, 2.05) is 65.8 Å². The summed E-state index contributed by atoms with van der Waals surface area (Å²) in [5.74, 6) is -0.736. The molecule has 1 rings (SSSR count). The third-order valence-corrected chi connectivity index (χ3v) is 6.43. The highest BCUT2D eigenvalue weighted by Gasteiger charge is 2.44. The van der Waals surface area contributed by atoms with E-state index in [0.717, 1.165) is 30.4 Å². The Morgan fingerprint density at radius 1 is 1.00 bits per heavy atom.